The van der Waals surface area contributed by atoms with E-state index in [9.17, 15) is 14.7 Å². The third kappa shape index (κ3) is 1.53. The first-order chi connectivity index (χ1) is 7.13. The van der Waals surface area contributed by atoms with Crippen LogP contribution in [0.2, 0.25) is 0 Å². The Labute approximate surface area is 86.7 Å². The Morgan fingerprint density at radius 1 is 1.53 bits per heavy atom. The predicted octanol–water partition coefficient (Wildman–Crippen LogP) is -0.0150. The molecule has 0 fully saturated rings. The fourth-order valence-corrected chi connectivity index (χ4v) is 2.06. The zero-order chi connectivity index (χ0) is 11.0. The van der Waals surface area contributed by atoms with Crippen LogP contribution >= 0.6 is 0 Å². The first-order valence-corrected chi connectivity index (χ1v) is 4.69. The number of hydrogen-bond donors (Lipinski definition) is 2. The molecule has 4 nitrogen and oxygen atoms in total. The van der Waals surface area contributed by atoms with Gasteiger partial charge in [0.05, 0.1) is 12.0 Å². The van der Waals surface area contributed by atoms with Crippen molar-refractivity contribution in [3.63, 3.8) is 0 Å². The van der Waals surface area contributed by atoms with Crippen molar-refractivity contribution in [2.75, 3.05) is 0 Å². The second-order valence-electron chi connectivity index (χ2n) is 3.73. The molecule has 15 heavy (non-hydrogen) atoms. The number of rotatable bonds is 2. The number of amides is 1. The molecular weight excluding hydrogens is 194 g/mol. The minimum Gasteiger partial charge on any atom is -0.392 e. The van der Waals surface area contributed by atoms with Crippen molar-refractivity contribution in [3.8, 4) is 0 Å². The molecule has 4 heteroatoms. The van der Waals surface area contributed by atoms with E-state index in [0.29, 0.717) is 23.8 Å². The van der Waals surface area contributed by atoms with E-state index in [2.05, 4.69) is 0 Å². The van der Waals surface area contributed by atoms with Crippen molar-refractivity contribution in [3.05, 3.63) is 34.9 Å². The molecule has 1 aliphatic carbocycles. The molecule has 78 valence electrons. The SMILES string of the molecule is NC(=O)[C@@H]1c2cc(C=O)ccc2C[C@H]1O. The summed E-state index contributed by atoms with van der Waals surface area (Å²) in [5, 5.41) is 9.66. The average Bonchev–Trinajstić information content (AvgIpc) is 2.52. The number of fused-ring (bicyclic) bond motifs is 1. The molecule has 0 aromatic heterocycles. The number of carbonyl (C=O) groups is 2. The Morgan fingerprint density at radius 2 is 2.27 bits per heavy atom. The van der Waals surface area contributed by atoms with Crippen LogP contribution in [0.1, 0.15) is 27.4 Å². The topological polar surface area (TPSA) is 80.4 Å². The van der Waals surface area contributed by atoms with E-state index in [1.165, 1.54) is 0 Å². The average molecular weight is 205 g/mol. The molecule has 1 aromatic rings. The zero-order valence-electron chi connectivity index (χ0n) is 8.01. The van der Waals surface area contributed by atoms with Crippen molar-refractivity contribution in [2.45, 2.75) is 18.4 Å². The summed E-state index contributed by atoms with van der Waals surface area (Å²) in [4.78, 5) is 21.7. The molecule has 0 heterocycles. The molecule has 1 amide bonds. The Kier molecular flexibility index (Phi) is 2.28. The Hall–Kier alpha value is -1.68. The van der Waals surface area contributed by atoms with Crippen molar-refractivity contribution in [1.29, 1.82) is 0 Å². The summed E-state index contributed by atoms with van der Waals surface area (Å²) in [5.41, 5.74) is 7.27. The number of benzene rings is 1. The van der Waals surface area contributed by atoms with Gasteiger partial charge in [0.25, 0.3) is 0 Å². The summed E-state index contributed by atoms with van der Waals surface area (Å²) in [5.74, 6) is -1.23. The summed E-state index contributed by atoms with van der Waals surface area (Å²) in [6.07, 6.45) is 0.366. The van der Waals surface area contributed by atoms with Gasteiger partial charge in [0, 0.05) is 5.56 Å². The molecule has 0 aliphatic heterocycles. The van der Waals surface area contributed by atoms with Crippen LogP contribution in [0.3, 0.4) is 0 Å². The fraction of sp³-hybridized carbons (Fsp3) is 0.273. The molecule has 3 N–H and O–H groups in total. The monoisotopic (exact) mass is 205 g/mol. The number of aliphatic hydroxyl groups is 1. The number of carbonyl (C=O) groups excluding carboxylic acids is 2. The highest BCUT2D eigenvalue weighted by atomic mass is 16.3. The van der Waals surface area contributed by atoms with E-state index in [4.69, 9.17) is 5.73 Å². The van der Waals surface area contributed by atoms with Crippen molar-refractivity contribution < 1.29 is 14.7 Å². The number of aliphatic hydroxyl groups excluding tert-OH is 1. The van der Waals surface area contributed by atoms with Gasteiger partial charge in [-0.05, 0) is 23.6 Å². The first-order valence-electron chi connectivity index (χ1n) is 4.69. The normalized spacial score (nSPS) is 23.5. The highest BCUT2D eigenvalue weighted by Gasteiger charge is 2.35. The summed E-state index contributed by atoms with van der Waals surface area (Å²) < 4.78 is 0. The van der Waals surface area contributed by atoms with Crippen LogP contribution in [0.15, 0.2) is 18.2 Å². The van der Waals surface area contributed by atoms with Gasteiger partial charge in [-0.2, -0.15) is 0 Å². The lowest BCUT2D eigenvalue weighted by atomic mass is 9.98. The van der Waals surface area contributed by atoms with Crippen LogP contribution in [0, 0.1) is 0 Å². The quantitative estimate of drug-likeness (QED) is 0.666. The lowest BCUT2D eigenvalue weighted by molar-refractivity contribution is -0.121. The summed E-state index contributed by atoms with van der Waals surface area (Å²) >= 11 is 0. The minimum atomic E-state index is -0.764. The zero-order valence-corrected chi connectivity index (χ0v) is 8.01. The molecular formula is C11H11NO3. The van der Waals surface area contributed by atoms with Gasteiger partial charge in [-0.25, -0.2) is 0 Å². The molecule has 0 radical (unpaired) electrons. The predicted molar refractivity (Wildman–Crippen MR) is 53.5 cm³/mol. The van der Waals surface area contributed by atoms with Crippen LogP contribution < -0.4 is 5.73 Å². The van der Waals surface area contributed by atoms with Crippen LogP contribution in [-0.2, 0) is 11.2 Å². The molecule has 2 rings (SSSR count). The minimum absolute atomic E-state index is 0.419. The van der Waals surface area contributed by atoms with E-state index in [1.54, 1.807) is 18.2 Å². The second kappa shape index (κ2) is 3.47. The molecule has 1 aliphatic rings. The standard InChI is InChI=1S/C11H11NO3/c12-11(15)10-8-3-6(5-13)1-2-7(8)4-9(10)14/h1-3,5,9-10,14H,4H2,(H2,12,15)/t9-,10-/m1/s1. The maximum Gasteiger partial charge on any atom is 0.227 e. The van der Waals surface area contributed by atoms with Crippen LogP contribution in [0.4, 0.5) is 0 Å². The van der Waals surface area contributed by atoms with Gasteiger partial charge >= 0.3 is 0 Å². The van der Waals surface area contributed by atoms with Crippen LogP contribution in [-0.4, -0.2) is 23.4 Å². The third-order valence-electron chi connectivity index (χ3n) is 2.76. The summed E-state index contributed by atoms with van der Waals surface area (Å²) in [7, 11) is 0. The van der Waals surface area contributed by atoms with E-state index >= 15 is 0 Å². The maximum absolute atomic E-state index is 11.1. The Morgan fingerprint density at radius 3 is 2.87 bits per heavy atom. The molecule has 0 saturated heterocycles. The van der Waals surface area contributed by atoms with Crippen molar-refractivity contribution >= 4 is 12.2 Å². The van der Waals surface area contributed by atoms with Gasteiger partial charge in [-0.15, -0.1) is 0 Å². The van der Waals surface area contributed by atoms with Crippen LogP contribution in [0.5, 0.6) is 0 Å². The second-order valence-corrected chi connectivity index (χ2v) is 3.73. The number of primary amides is 1. The van der Waals surface area contributed by atoms with Gasteiger partial charge in [-0.1, -0.05) is 12.1 Å². The largest absolute Gasteiger partial charge is 0.392 e. The van der Waals surface area contributed by atoms with Gasteiger partial charge in [-0.3, -0.25) is 9.59 Å². The fourth-order valence-electron chi connectivity index (χ4n) is 2.06. The molecule has 1 aromatic carbocycles. The van der Waals surface area contributed by atoms with Crippen molar-refractivity contribution in [2.24, 2.45) is 5.73 Å². The molecule has 0 unspecified atom stereocenters. The molecule has 0 spiro atoms. The van der Waals surface area contributed by atoms with E-state index in [1.807, 2.05) is 0 Å². The van der Waals surface area contributed by atoms with Crippen LogP contribution in [0.25, 0.3) is 0 Å². The number of aldehydes is 1. The first kappa shape index (κ1) is 9.86. The molecule has 0 saturated carbocycles. The third-order valence-corrected chi connectivity index (χ3v) is 2.76. The lowest BCUT2D eigenvalue weighted by Gasteiger charge is -2.11. The number of nitrogens with two attached hydrogens (primary N) is 1. The van der Waals surface area contributed by atoms with E-state index < -0.39 is 17.9 Å². The van der Waals surface area contributed by atoms with E-state index in [-0.39, 0.29) is 0 Å². The smallest absolute Gasteiger partial charge is 0.227 e. The lowest BCUT2D eigenvalue weighted by Crippen LogP contribution is -2.28. The summed E-state index contributed by atoms with van der Waals surface area (Å²) in [6.45, 7) is 0. The highest BCUT2D eigenvalue weighted by Crippen LogP contribution is 2.33. The molecule has 0 bridgehead atoms. The Bertz CT molecular complexity index is 428. The van der Waals surface area contributed by atoms with Gasteiger partial charge in [0.1, 0.15) is 6.29 Å². The number of hydrogen-bond acceptors (Lipinski definition) is 3. The van der Waals surface area contributed by atoms with Gasteiger partial charge in [0.2, 0.25) is 5.91 Å². The Balaban J connectivity index is 2.50. The van der Waals surface area contributed by atoms with E-state index in [0.717, 1.165) is 5.56 Å². The van der Waals surface area contributed by atoms with Gasteiger partial charge < -0.3 is 10.8 Å². The molecule has 2 atom stereocenters. The van der Waals surface area contributed by atoms with Gasteiger partial charge in [0.15, 0.2) is 0 Å². The maximum atomic E-state index is 11.1. The summed E-state index contributed by atoms with van der Waals surface area (Å²) in [6, 6.07) is 5.04. The highest BCUT2D eigenvalue weighted by molar-refractivity contribution is 5.85. The van der Waals surface area contributed by atoms with Crippen molar-refractivity contribution in [1.82, 2.24) is 0 Å².